The van der Waals surface area contributed by atoms with Gasteiger partial charge in [0.25, 0.3) is 5.91 Å². The minimum absolute atomic E-state index is 0.0273. The third kappa shape index (κ3) is 8.38. The maximum absolute atomic E-state index is 14.4. The van der Waals surface area contributed by atoms with E-state index in [0.29, 0.717) is 24.8 Å². The molecule has 1 aliphatic carbocycles. The van der Waals surface area contributed by atoms with Crippen molar-refractivity contribution in [2.45, 2.75) is 109 Å². The lowest BCUT2D eigenvalue weighted by atomic mass is 9.76. The number of nitrogens with one attached hydrogen (secondary N) is 2. The van der Waals surface area contributed by atoms with Gasteiger partial charge in [0.1, 0.15) is 18.1 Å². The number of carboxylic acids is 1. The molecule has 1 aliphatic heterocycles. The molecule has 41 heavy (non-hydrogen) atoms. The van der Waals surface area contributed by atoms with E-state index in [1.807, 2.05) is 13.8 Å². The van der Waals surface area contributed by atoms with Crippen molar-refractivity contribution in [2.75, 3.05) is 0 Å². The molecule has 226 valence electrons. The number of imide groups is 1. The maximum Gasteiger partial charge on any atom is 0.309 e. The van der Waals surface area contributed by atoms with Crippen LogP contribution in [-0.4, -0.2) is 68.9 Å². The molecule has 3 rings (SSSR count). The molecule has 0 aromatic heterocycles. The Morgan fingerprint density at radius 1 is 1.02 bits per heavy atom. The van der Waals surface area contributed by atoms with Gasteiger partial charge in [-0.2, -0.15) is 0 Å². The summed E-state index contributed by atoms with van der Waals surface area (Å²) >= 11 is 0. The Morgan fingerprint density at radius 2 is 1.68 bits per heavy atom. The van der Waals surface area contributed by atoms with Gasteiger partial charge < -0.3 is 20.8 Å². The predicted octanol–water partition coefficient (Wildman–Crippen LogP) is 2.81. The van der Waals surface area contributed by atoms with Crippen LogP contribution in [0.15, 0.2) is 30.3 Å². The van der Waals surface area contributed by atoms with Crippen LogP contribution in [0, 0.1) is 17.8 Å². The zero-order valence-electron chi connectivity index (χ0n) is 24.4. The molecule has 1 unspecified atom stereocenters. The van der Waals surface area contributed by atoms with Crippen molar-refractivity contribution >= 4 is 29.6 Å². The zero-order chi connectivity index (χ0) is 30.1. The van der Waals surface area contributed by atoms with Crippen LogP contribution in [0.2, 0.25) is 0 Å². The molecule has 1 saturated carbocycles. The van der Waals surface area contributed by atoms with Crippen molar-refractivity contribution in [3.05, 3.63) is 35.9 Å². The summed E-state index contributed by atoms with van der Waals surface area (Å²) in [4.78, 5) is 68.5. The lowest BCUT2D eigenvalue weighted by Crippen LogP contribution is -2.60. The molecule has 1 aromatic carbocycles. The standard InChI is InChI=1S/C31H45N3O7/c1-4-5-12-19(2)24(35)18-25(36)34-23(17-21-13-8-6-9-14-21)29(38)32-20(3)28(37)33-27(30(34)39)26(31(40)41)22-15-10-7-11-16-22/h6,8-9,13-14,19-20,22-24,26-27,35H,4-5,7,10-12,15-18H2,1-3H3,(H,32,38)(H,33,37)(H,40,41)/t19-,20+,23+,24-,26?,27+/m0/s1. The van der Waals surface area contributed by atoms with Crippen molar-refractivity contribution in [1.29, 1.82) is 0 Å². The molecule has 1 heterocycles. The molecule has 4 amide bonds. The van der Waals surface area contributed by atoms with Crippen molar-refractivity contribution < 1.29 is 34.2 Å². The fourth-order valence-electron chi connectivity index (χ4n) is 6.00. The smallest absolute Gasteiger partial charge is 0.309 e. The van der Waals surface area contributed by atoms with Crippen LogP contribution in [0.25, 0.3) is 0 Å². The van der Waals surface area contributed by atoms with Crippen molar-refractivity contribution in [1.82, 2.24) is 15.5 Å². The second kappa shape index (κ2) is 15.1. The summed E-state index contributed by atoms with van der Waals surface area (Å²) in [5, 5.41) is 26.4. The fraction of sp³-hybridized carbons (Fsp3) is 0.645. The SMILES string of the molecule is CCCC[C@H](C)[C@@H](O)CC(=O)N1C(=O)[C@@H](C(C(=O)O)C2CCCCC2)NC(=O)[C@@H](C)NC(=O)[C@H]1Cc1ccccc1. The van der Waals surface area contributed by atoms with Crippen LogP contribution >= 0.6 is 0 Å². The van der Waals surface area contributed by atoms with Gasteiger partial charge in [0, 0.05) is 6.42 Å². The molecule has 10 nitrogen and oxygen atoms in total. The van der Waals surface area contributed by atoms with E-state index in [4.69, 9.17) is 0 Å². The lowest BCUT2D eigenvalue weighted by Gasteiger charge is -2.36. The van der Waals surface area contributed by atoms with Crippen LogP contribution < -0.4 is 10.6 Å². The van der Waals surface area contributed by atoms with Crippen LogP contribution in [0.5, 0.6) is 0 Å². The highest BCUT2D eigenvalue weighted by atomic mass is 16.4. The lowest BCUT2D eigenvalue weighted by molar-refractivity contribution is -0.159. The van der Waals surface area contributed by atoms with E-state index in [9.17, 15) is 34.2 Å². The van der Waals surface area contributed by atoms with Crippen molar-refractivity contribution in [3.8, 4) is 0 Å². The molecule has 4 N–H and O–H groups in total. The van der Waals surface area contributed by atoms with E-state index >= 15 is 0 Å². The number of aliphatic hydroxyl groups excluding tert-OH is 1. The molecule has 10 heteroatoms. The summed E-state index contributed by atoms with van der Waals surface area (Å²) in [5.74, 6) is -6.20. The number of hydrogen-bond acceptors (Lipinski definition) is 6. The van der Waals surface area contributed by atoms with Gasteiger partial charge in [-0.3, -0.25) is 28.9 Å². The first-order valence-electron chi connectivity index (χ1n) is 15.0. The molecule has 2 fully saturated rings. The third-order valence-corrected chi connectivity index (χ3v) is 8.56. The van der Waals surface area contributed by atoms with Gasteiger partial charge in [0.2, 0.25) is 17.7 Å². The molecule has 1 saturated heterocycles. The number of rotatable bonds is 11. The summed E-state index contributed by atoms with van der Waals surface area (Å²) < 4.78 is 0. The highest BCUT2D eigenvalue weighted by molar-refractivity contribution is 6.06. The summed E-state index contributed by atoms with van der Waals surface area (Å²) in [6, 6.07) is 4.93. The van der Waals surface area contributed by atoms with Gasteiger partial charge in [0.15, 0.2) is 0 Å². The second-order valence-corrected chi connectivity index (χ2v) is 11.7. The Hall–Kier alpha value is -3.27. The van der Waals surface area contributed by atoms with Gasteiger partial charge in [0.05, 0.1) is 18.4 Å². The summed E-state index contributed by atoms with van der Waals surface area (Å²) in [5.41, 5.74) is 0.680. The molecule has 1 aromatic rings. The normalized spacial score (nSPS) is 24.7. The molecule has 0 radical (unpaired) electrons. The summed E-state index contributed by atoms with van der Waals surface area (Å²) in [6.45, 7) is 5.32. The Labute approximate surface area is 242 Å². The van der Waals surface area contributed by atoms with Gasteiger partial charge >= 0.3 is 5.97 Å². The quantitative estimate of drug-likeness (QED) is 0.319. The highest BCUT2D eigenvalue weighted by Crippen LogP contribution is 2.33. The third-order valence-electron chi connectivity index (χ3n) is 8.56. The minimum Gasteiger partial charge on any atom is -0.481 e. The number of carboxylic acid groups (broad SMARTS) is 1. The van der Waals surface area contributed by atoms with Crippen LogP contribution in [0.4, 0.5) is 0 Å². The molecular weight excluding hydrogens is 526 g/mol. The van der Waals surface area contributed by atoms with Crippen LogP contribution in [0.3, 0.4) is 0 Å². The molecule has 6 atom stereocenters. The fourth-order valence-corrected chi connectivity index (χ4v) is 6.00. The first-order chi connectivity index (χ1) is 19.5. The number of carbonyl (C=O) groups is 5. The number of hydrogen-bond donors (Lipinski definition) is 4. The average Bonchev–Trinajstić information content (AvgIpc) is 2.98. The zero-order valence-corrected chi connectivity index (χ0v) is 24.4. The van der Waals surface area contributed by atoms with E-state index in [1.54, 1.807) is 30.3 Å². The van der Waals surface area contributed by atoms with E-state index in [0.717, 1.165) is 37.0 Å². The molecule has 0 spiro atoms. The largest absolute Gasteiger partial charge is 0.481 e. The number of aliphatic hydroxyl groups is 1. The van der Waals surface area contributed by atoms with Crippen molar-refractivity contribution in [2.24, 2.45) is 17.8 Å². The summed E-state index contributed by atoms with van der Waals surface area (Å²) in [6.07, 6.45) is 4.71. The van der Waals surface area contributed by atoms with Gasteiger partial charge in [-0.25, -0.2) is 0 Å². The van der Waals surface area contributed by atoms with Crippen LogP contribution in [-0.2, 0) is 30.4 Å². The average molecular weight is 572 g/mol. The Bertz CT molecular complexity index is 1070. The maximum atomic E-state index is 14.4. The summed E-state index contributed by atoms with van der Waals surface area (Å²) in [7, 11) is 0. The van der Waals surface area contributed by atoms with Crippen molar-refractivity contribution in [3.63, 3.8) is 0 Å². The van der Waals surface area contributed by atoms with E-state index in [-0.39, 0.29) is 18.3 Å². The molecular formula is C31H45N3O7. The Kier molecular flexibility index (Phi) is 11.9. The second-order valence-electron chi connectivity index (χ2n) is 11.7. The number of carbonyl (C=O) groups excluding carboxylic acids is 4. The van der Waals surface area contributed by atoms with Crippen LogP contribution in [0.1, 0.15) is 84.1 Å². The number of amides is 4. The first kappa shape index (κ1) is 32.2. The van der Waals surface area contributed by atoms with E-state index < -0.39 is 66.2 Å². The van der Waals surface area contributed by atoms with E-state index in [2.05, 4.69) is 10.6 Å². The Balaban J connectivity index is 2.08. The van der Waals surface area contributed by atoms with E-state index in [1.165, 1.54) is 6.92 Å². The number of unbranched alkanes of at least 4 members (excludes halogenated alkanes) is 1. The number of aliphatic carboxylic acids is 1. The number of benzene rings is 1. The first-order valence-corrected chi connectivity index (χ1v) is 15.0. The van der Waals surface area contributed by atoms with Gasteiger partial charge in [-0.05, 0) is 43.6 Å². The molecule has 0 bridgehead atoms. The monoisotopic (exact) mass is 571 g/mol. The van der Waals surface area contributed by atoms with Gasteiger partial charge in [-0.15, -0.1) is 0 Å². The predicted molar refractivity (Wildman–Crippen MR) is 152 cm³/mol. The molecule has 2 aliphatic rings. The topological polar surface area (TPSA) is 153 Å². The highest BCUT2D eigenvalue weighted by Gasteiger charge is 2.48. The number of nitrogens with zero attached hydrogens (tertiary/aromatic N) is 1. The Morgan fingerprint density at radius 3 is 2.29 bits per heavy atom. The van der Waals surface area contributed by atoms with Gasteiger partial charge in [-0.1, -0.05) is 76.3 Å². The minimum atomic E-state index is -1.55.